The van der Waals surface area contributed by atoms with E-state index in [0.717, 1.165) is 44.0 Å². The summed E-state index contributed by atoms with van der Waals surface area (Å²) in [4.78, 5) is 33.8. The number of ketones is 1. The normalized spacial score (nSPS) is 21.1. The number of anilines is 1. The highest BCUT2D eigenvalue weighted by molar-refractivity contribution is 7.22. The number of aliphatic hydroxyl groups is 1. The lowest BCUT2D eigenvalue weighted by Crippen LogP contribution is -2.28. The lowest BCUT2D eigenvalue weighted by atomic mass is 9.98. The van der Waals surface area contributed by atoms with Crippen LogP contribution in [0.5, 0.6) is 5.75 Å². The number of hydrogen-bond donors (Lipinski definition) is 1. The molecule has 2 aliphatic rings. The molecule has 0 spiro atoms. The molecule has 4 heterocycles. The molecule has 2 atom stereocenters. The van der Waals surface area contributed by atoms with Crippen LogP contribution in [0.1, 0.15) is 40.1 Å². The van der Waals surface area contributed by atoms with E-state index in [0.29, 0.717) is 10.7 Å². The van der Waals surface area contributed by atoms with Crippen LogP contribution >= 0.6 is 22.7 Å². The molecule has 0 aliphatic carbocycles. The summed E-state index contributed by atoms with van der Waals surface area (Å²) < 4.78 is 6.73. The van der Waals surface area contributed by atoms with E-state index in [1.807, 2.05) is 56.5 Å². The first-order valence-corrected chi connectivity index (χ1v) is 13.0. The summed E-state index contributed by atoms with van der Waals surface area (Å²) >= 11 is 2.82. The summed E-state index contributed by atoms with van der Waals surface area (Å²) in [6.07, 6.45) is 0.786. The summed E-state index contributed by atoms with van der Waals surface area (Å²) in [5.41, 5.74) is 4.49. The summed E-state index contributed by atoms with van der Waals surface area (Å²) in [6.45, 7) is 6.00. The second-order valence-corrected chi connectivity index (χ2v) is 11.1. The highest BCUT2D eigenvalue weighted by atomic mass is 32.1. The number of fused-ring (bicyclic) bond motifs is 2. The zero-order valence-electron chi connectivity index (χ0n) is 19.4. The second-order valence-electron chi connectivity index (χ2n) is 9.06. The molecular weight excluding hydrogens is 480 g/mol. The van der Waals surface area contributed by atoms with Crippen molar-refractivity contribution in [1.29, 1.82) is 0 Å². The first-order valence-electron chi connectivity index (χ1n) is 11.3. The largest absolute Gasteiger partial charge is 0.507 e. The smallest absolute Gasteiger partial charge is 0.301 e. The summed E-state index contributed by atoms with van der Waals surface area (Å²) in [5, 5.41) is 13.7. The quantitative estimate of drug-likeness (QED) is 0.214. The minimum absolute atomic E-state index is 0.0604. The van der Waals surface area contributed by atoms with E-state index < -0.39 is 17.7 Å². The van der Waals surface area contributed by atoms with Crippen LogP contribution in [0.3, 0.4) is 0 Å². The second kappa shape index (κ2) is 8.03. The van der Waals surface area contributed by atoms with Gasteiger partial charge < -0.3 is 9.84 Å². The van der Waals surface area contributed by atoms with E-state index in [-0.39, 0.29) is 17.4 Å². The Morgan fingerprint density at radius 1 is 1.17 bits per heavy atom. The van der Waals surface area contributed by atoms with Gasteiger partial charge in [0.25, 0.3) is 5.78 Å². The van der Waals surface area contributed by atoms with Crippen LogP contribution in [0, 0.1) is 13.8 Å². The summed E-state index contributed by atoms with van der Waals surface area (Å²) in [5.74, 6) is -0.793. The molecule has 4 aromatic rings. The molecule has 1 fully saturated rings. The number of amides is 1. The van der Waals surface area contributed by atoms with Gasteiger partial charge in [0.1, 0.15) is 23.7 Å². The van der Waals surface area contributed by atoms with Crippen LogP contribution in [0.15, 0.2) is 53.4 Å². The first-order chi connectivity index (χ1) is 16.8. The third kappa shape index (κ3) is 3.47. The number of carbonyl (C=O) groups excluding carboxylic acids is 2. The molecule has 176 valence electrons. The zero-order valence-corrected chi connectivity index (χ0v) is 21.0. The first kappa shape index (κ1) is 22.0. The lowest BCUT2D eigenvalue weighted by molar-refractivity contribution is -0.132. The van der Waals surface area contributed by atoms with Crippen molar-refractivity contribution in [3.63, 3.8) is 0 Å². The number of benzene rings is 2. The van der Waals surface area contributed by atoms with Crippen molar-refractivity contribution in [3.8, 4) is 5.75 Å². The van der Waals surface area contributed by atoms with E-state index in [9.17, 15) is 14.7 Å². The zero-order chi connectivity index (χ0) is 24.4. The Labute approximate surface area is 210 Å². The molecule has 6 nitrogen and oxygen atoms in total. The molecule has 0 bridgehead atoms. The van der Waals surface area contributed by atoms with Crippen LogP contribution < -0.4 is 9.64 Å². The van der Waals surface area contributed by atoms with Crippen LogP contribution in [-0.4, -0.2) is 27.9 Å². The monoisotopic (exact) mass is 502 g/mol. The van der Waals surface area contributed by atoms with Gasteiger partial charge >= 0.3 is 5.91 Å². The van der Waals surface area contributed by atoms with Crippen LogP contribution in [-0.2, 0) is 16.0 Å². The van der Waals surface area contributed by atoms with Crippen molar-refractivity contribution in [2.24, 2.45) is 0 Å². The topological polar surface area (TPSA) is 79.7 Å². The summed E-state index contributed by atoms with van der Waals surface area (Å²) in [6, 6.07) is 12.5. The maximum Gasteiger partial charge on any atom is 0.301 e. The number of Topliss-reactive ketones (excluding diaryl/α,β-unsaturated/α-hetero) is 1. The van der Waals surface area contributed by atoms with Crippen molar-refractivity contribution in [2.75, 3.05) is 4.90 Å². The fourth-order valence-electron chi connectivity index (χ4n) is 4.93. The number of thiazole rings is 1. The number of aromatic nitrogens is 1. The SMILES string of the molecule is Cc1cc(C)c2nc(N3C(=O)C(=O)/C(=C(/O)c4ccc5c(c4)C[C@H](C)O5)[C@H]3c3cccs3)sc2c1. The molecule has 1 N–H and O–H groups in total. The Morgan fingerprint density at radius 2 is 2.00 bits per heavy atom. The van der Waals surface area contributed by atoms with Crippen molar-refractivity contribution in [1.82, 2.24) is 4.98 Å². The number of thiophene rings is 1. The van der Waals surface area contributed by atoms with E-state index in [4.69, 9.17) is 9.72 Å². The standard InChI is InChI=1S/C27H22N2O4S2/c1-13-9-14(2)22-20(10-13)35-27(28-22)29-23(19-5-4-8-34-19)21(25(31)26(29)32)24(30)16-6-7-18-17(12-16)11-15(3)33-18/h4-10,12,15,23,30H,11H2,1-3H3/b24-21+/t15-,23+/m0/s1. The number of aryl methyl sites for hydroxylation is 2. The Kier molecular flexibility index (Phi) is 5.05. The average Bonchev–Trinajstić information content (AvgIpc) is 3.59. The minimum atomic E-state index is -0.750. The highest BCUT2D eigenvalue weighted by Gasteiger charge is 2.48. The predicted molar refractivity (Wildman–Crippen MR) is 138 cm³/mol. The number of hydrogen-bond acceptors (Lipinski definition) is 7. The number of aliphatic hydroxyl groups excluding tert-OH is 1. The van der Waals surface area contributed by atoms with Crippen LogP contribution in [0.25, 0.3) is 16.0 Å². The van der Waals surface area contributed by atoms with Crippen LogP contribution in [0.4, 0.5) is 5.13 Å². The van der Waals surface area contributed by atoms with Gasteiger partial charge in [-0.3, -0.25) is 14.5 Å². The predicted octanol–water partition coefficient (Wildman–Crippen LogP) is 5.92. The maximum atomic E-state index is 13.4. The van der Waals surface area contributed by atoms with Gasteiger partial charge in [-0.15, -0.1) is 11.3 Å². The molecule has 0 saturated carbocycles. The third-order valence-electron chi connectivity index (χ3n) is 6.45. The molecule has 2 aromatic heterocycles. The van der Waals surface area contributed by atoms with Gasteiger partial charge in [0, 0.05) is 16.9 Å². The maximum absolute atomic E-state index is 13.4. The van der Waals surface area contributed by atoms with Gasteiger partial charge in [-0.1, -0.05) is 23.5 Å². The highest BCUT2D eigenvalue weighted by Crippen LogP contribution is 2.46. The van der Waals surface area contributed by atoms with Crippen molar-refractivity contribution in [2.45, 2.75) is 39.3 Å². The molecule has 0 radical (unpaired) electrons. The Bertz CT molecular complexity index is 1550. The van der Waals surface area contributed by atoms with Crippen molar-refractivity contribution >= 4 is 55.5 Å². The molecule has 2 aromatic carbocycles. The molecule has 1 saturated heterocycles. The number of nitrogens with zero attached hydrogens (tertiary/aromatic N) is 2. The Hall–Kier alpha value is -3.49. The molecule has 35 heavy (non-hydrogen) atoms. The number of carbonyl (C=O) groups is 2. The Morgan fingerprint density at radius 3 is 2.77 bits per heavy atom. The molecule has 8 heteroatoms. The lowest BCUT2D eigenvalue weighted by Gasteiger charge is -2.21. The van der Waals surface area contributed by atoms with Gasteiger partial charge in [-0.25, -0.2) is 4.98 Å². The van der Waals surface area contributed by atoms with Gasteiger partial charge in [-0.05, 0) is 73.2 Å². The van der Waals surface area contributed by atoms with Gasteiger partial charge in [-0.2, -0.15) is 0 Å². The molecule has 2 aliphatic heterocycles. The molecule has 0 unspecified atom stereocenters. The van der Waals surface area contributed by atoms with Crippen LogP contribution in [0.2, 0.25) is 0 Å². The van der Waals surface area contributed by atoms with Crippen molar-refractivity contribution < 1.29 is 19.4 Å². The molecule has 1 amide bonds. The minimum Gasteiger partial charge on any atom is -0.507 e. The Balaban J connectivity index is 1.52. The third-order valence-corrected chi connectivity index (χ3v) is 8.38. The van der Waals surface area contributed by atoms with Crippen molar-refractivity contribution in [3.05, 3.63) is 80.5 Å². The van der Waals surface area contributed by atoms with E-state index in [1.54, 1.807) is 6.07 Å². The fraction of sp³-hybridized carbons (Fsp3) is 0.222. The van der Waals surface area contributed by atoms with Gasteiger partial charge in [0.2, 0.25) is 0 Å². The molecular formula is C27H22N2O4S2. The van der Waals surface area contributed by atoms with Gasteiger partial charge in [0.05, 0.1) is 15.8 Å². The van der Waals surface area contributed by atoms with E-state index in [2.05, 4.69) is 6.07 Å². The van der Waals surface area contributed by atoms with E-state index >= 15 is 0 Å². The molecule has 6 rings (SSSR count). The number of rotatable bonds is 3. The fourth-order valence-corrected chi connectivity index (χ4v) is 6.92. The number of ether oxygens (including phenoxy) is 1. The van der Waals surface area contributed by atoms with Gasteiger partial charge in [0.15, 0.2) is 5.13 Å². The summed E-state index contributed by atoms with van der Waals surface area (Å²) in [7, 11) is 0. The average molecular weight is 503 g/mol. The van der Waals surface area contributed by atoms with E-state index in [1.165, 1.54) is 27.6 Å².